The van der Waals surface area contributed by atoms with Gasteiger partial charge in [-0.2, -0.15) is 0 Å². The predicted octanol–water partition coefficient (Wildman–Crippen LogP) is 2.76. The quantitative estimate of drug-likeness (QED) is 0.826. The summed E-state index contributed by atoms with van der Waals surface area (Å²) in [4.78, 5) is 15.8. The van der Waals surface area contributed by atoms with Gasteiger partial charge in [-0.05, 0) is 24.8 Å². The van der Waals surface area contributed by atoms with E-state index in [1.165, 1.54) is 5.56 Å². The SMILES string of the molecule is C[C@H](CCNC(=O)N[C@@H](C)Cn1ccnc1)c1ccccc1. The highest BCUT2D eigenvalue weighted by Crippen LogP contribution is 2.17. The molecule has 0 bridgehead atoms. The van der Waals surface area contributed by atoms with Gasteiger partial charge in [-0.3, -0.25) is 0 Å². The highest BCUT2D eigenvalue weighted by atomic mass is 16.2. The third-order valence-corrected chi connectivity index (χ3v) is 3.65. The predicted molar refractivity (Wildman–Crippen MR) is 87.7 cm³/mol. The van der Waals surface area contributed by atoms with Gasteiger partial charge in [-0.25, -0.2) is 9.78 Å². The number of rotatable bonds is 7. The molecule has 2 N–H and O–H groups in total. The van der Waals surface area contributed by atoms with E-state index in [1.54, 1.807) is 12.5 Å². The Kier molecular flexibility index (Phi) is 6.01. The maximum atomic E-state index is 11.9. The highest BCUT2D eigenvalue weighted by Gasteiger charge is 2.09. The molecule has 0 fully saturated rings. The van der Waals surface area contributed by atoms with Crippen LogP contribution in [0.25, 0.3) is 0 Å². The summed E-state index contributed by atoms with van der Waals surface area (Å²) < 4.78 is 1.95. The van der Waals surface area contributed by atoms with Crippen LogP contribution in [0.4, 0.5) is 4.79 Å². The molecule has 2 amide bonds. The molecular formula is C17H24N4O. The zero-order valence-corrected chi connectivity index (χ0v) is 13.2. The number of carbonyl (C=O) groups is 1. The van der Waals surface area contributed by atoms with E-state index in [1.807, 2.05) is 35.9 Å². The number of benzene rings is 1. The lowest BCUT2D eigenvalue weighted by atomic mass is 9.98. The largest absolute Gasteiger partial charge is 0.338 e. The first-order chi connectivity index (χ1) is 10.6. The number of nitrogens with zero attached hydrogens (tertiary/aromatic N) is 2. The second-order valence-electron chi connectivity index (χ2n) is 5.66. The van der Waals surface area contributed by atoms with Crippen LogP contribution in [-0.4, -0.2) is 28.2 Å². The molecule has 0 aliphatic rings. The second-order valence-corrected chi connectivity index (χ2v) is 5.66. The zero-order valence-electron chi connectivity index (χ0n) is 13.2. The molecule has 0 radical (unpaired) electrons. The van der Waals surface area contributed by atoms with Crippen molar-refractivity contribution in [1.82, 2.24) is 20.2 Å². The zero-order chi connectivity index (χ0) is 15.8. The van der Waals surface area contributed by atoms with Gasteiger partial charge in [0.15, 0.2) is 0 Å². The molecule has 2 atom stereocenters. The minimum atomic E-state index is -0.118. The van der Waals surface area contributed by atoms with Crippen molar-refractivity contribution < 1.29 is 4.79 Å². The van der Waals surface area contributed by atoms with E-state index in [4.69, 9.17) is 0 Å². The monoisotopic (exact) mass is 300 g/mol. The van der Waals surface area contributed by atoms with Crippen molar-refractivity contribution in [2.75, 3.05) is 6.54 Å². The van der Waals surface area contributed by atoms with Crippen LogP contribution < -0.4 is 10.6 Å². The number of amides is 2. The van der Waals surface area contributed by atoms with Gasteiger partial charge in [0.05, 0.1) is 6.33 Å². The molecule has 1 heterocycles. The van der Waals surface area contributed by atoms with Crippen LogP contribution in [0, 0.1) is 0 Å². The standard InChI is InChI=1S/C17H24N4O/c1-14(16-6-4-3-5-7-16)8-9-19-17(22)20-15(2)12-21-11-10-18-13-21/h3-7,10-11,13-15H,8-9,12H2,1-2H3,(H2,19,20,22)/t14-,15+/m1/s1. The smallest absolute Gasteiger partial charge is 0.315 e. The number of nitrogens with one attached hydrogen (secondary N) is 2. The van der Waals surface area contributed by atoms with Crippen molar-refractivity contribution in [3.05, 3.63) is 54.6 Å². The van der Waals surface area contributed by atoms with E-state index >= 15 is 0 Å². The second kappa shape index (κ2) is 8.22. The molecule has 2 aromatic rings. The number of hydrogen-bond acceptors (Lipinski definition) is 2. The summed E-state index contributed by atoms with van der Waals surface area (Å²) in [5.41, 5.74) is 1.30. The van der Waals surface area contributed by atoms with Crippen molar-refractivity contribution in [3.63, 3.8) is 0 Å². The van der Waals surface area contributed by atoms with Gasteiger partial charge in [0.2, 0.25) is 0 Å². The topological polar surface area (TPSA) is 59.0 Å². The van der Waals surface area contributed by atoms with E-state index in [2.05, 4.69) is 34.7 Å². The molecule has 5 nitrogen and oxygen atoms in total. The molecule has 0 saturated heterocycles. The normalized spacial score (nSPS) is 13.4. The maximum Gasteiger partial charge on any atom is 0.315 e. The molecule has 0 aliphatic heterocycles. The summed E-state index contributed by atoms with van der Waals surface area (Å²) in [5, 5.41) is 5.85. The fourth-order valence-electron chi connectivity index (χ4n) is 2.38. The number of urea groups is 1. The lowest BCUT2D eigenvalue weighted by molar-refractivity contribution is 0.236. The summed E-state index contributed by atoms with van der Waals surface area (Å²) in [6, 6.07) is 10.3. The average Bonchev–Trinajstić information content (AvgIpc) is 3.00. The Morgan fingerprint density at radius 1 is 1.27 bits per heavy atom. The highest BCUT2D eigenvalue weighted by molar-refractivity contribution is 5.74. The molecule has 22 heavy (non-hydrogen) atoms. The number of aromatic nitrogens is 2. The molecule has 0 unspecified atom stereocenters. The van der Waals surface area contributed by atoms with Crippen LogP contribution in [0.3, 0.4) is 0 Å². The Morgan fingerprint density at radius 2 is 2.05 bits per heavy atom. The molecule has 0 spiro atoms. The summed E-state index contributed by atoms with van der Waals surface area (Å²) in [6.45, 7) is 5.54. The van der Waals surface area contributed by atoms with Crippen molar-refractivity contribution in [2.24, 2.45) is 0 Å². The number of imidazole rings is 1. The Labute approximate surface area is 131 Å². The third kappa shape index (κ3) is 5.24. The molecule has 5 heteroatoms. The van der Waals surface area contributed by atoms with E-state index in [-0.39, 0.29) is 12.1 Å². The van der Waals surface area contributed by atoms with E-state index in [0.717, 1.165) is 6.42 Å². The van der Waals surface area contributed by atoms with Gasteiger partial charge in [-0.1, -0.05) is 37.3 Å². The van der Waals surface area contributed by atoms with Crippen LogP contribution in [0.5, 0.6) is 0 Å². The molecule has 1 aromatic heterocycles. The van der Waals surface area contributed by atoms with Gasteiger partial charge >= 0.3 is 6.03 Å². The van der Waals surface area contributed by atoms with Crippen molar-refractivity contribution in [2.45, 2.75) is 38.8 Å². The maximum absolute atomic E-state index is 11.9. The molecule has 118 valence electrons. The Balaban J connectivity index is 1.65. The Bertz CT molecular complexity index is 553. The van der Waals surface area contributed by atoms with Gasteiger partial charge in [0.1, 0.15) is 0 Å². The van der Waals surface area contributed by atoms with Crippen LogP contribution >= 0.6 is 0 Å². The fourth-order valence-corrected chi connectivity index (χ4v) is 2.38. The van der Waals surface area contributed by atoms with Gasteiger partial charge < -0.3 is 15.2 Å². The Hall–Kier alpha value is -2.30. The van der Waals surface area contributed by atoms with Crippen LogP contribution in [0.15, 0.2) is 49.1 Å². The number of hydrogen-bond donors (Lipinski definition) is 2. The van der Waals surface area contributed by atoms with Crippen LogP contribution in [-0.2, 0) is 6.54 Å². The summed E-state index contributed by atoms with van der Waals surface area (Å²) in [6.07, 6.45) is 6.29. The van der Waals surface area contributed by atoms with Crippen LogP contribution in [0.1, 0.15) is 31.7 Å². The molecule has 1 aromatic carbocycles. The van der Waals surface area contributed by atoms with Crippen LogP contribution in [0.2, 0.25) is 0 Å². The lowest BCUT2D eigenvalue weighted by Crippen LogP contribution is -2.42. The molecular weight excluding hydrogens is 276 g/mol. The van der Waals surface area contributed by atoms with Gasteiger partial charge in [0, 0.05) is 31.5 Å². The third-order valence-electron chi connectivity index (χ3n) is 3.65. The van der Waals surface area contributed by atoms with Crippen molar-refractivity contribution in [1.29, 1.82) is 0 Å². The summed E-state index contributed by atoms with van der Waals surface area (Å²) >= 11 is 0. The first kappa shape index (κ1) is 16.1. The van der Waals surface area contributed by atoms with E-state index in [9.17, 15) is 4.79 Å². The fraction of sp³-hybridized carbons (Fsp3) is 0.412. The number of carbonyl (C=O) groups excluding carboxylic acids is 1. The lowest BCUT2D eigenvalue weighted by Gasteiger charge is -2.16. The minimum Gasteiger partial charge on any atom is -0.338 e. The Morgan fingerprint density at radius 3 is 2.73 bits per heavy atom. The molecule has 0 saturated carbocycles. The van der Waals surface area contributed by atoms with E-state index < -0.39 is 0 Å². The van der Waals surface area contributed by atoms with Crippen molar-refractivity contribution >= 4 is 6.03 Å². The van der Waals surface area contributed by atoms with Gasteiger partial charge in [0.25, 0.3) is 0 Å². The summed E-state index contributed by atoms with van der Waals surface area (Å²) in [7, 11) is 0. The average molecular weight is 300 g/mol. The van der Waals surface area contributed by atoms with Gasteiger partial charge in [-0.15, -0.1) is 0 Å². The van der Waals surface area contributed by atoms with Crippen molar-refractivity contribution in [3.8, 4) is 0 Å². The molecule has 0 aliphatic carbocycles. The van der Waals surface area contributed by atoms with E-state index in [0.29, 0.717) is 19.0 Å². The minimum absolute atomic E-state index is 0.0562. The first-order valence-electron chi connectivity index (χ1n) is 7.70. The molecule has 2 rings (SSSR count). The first-order valence-corrected chi connectivity index (χ1v) is 7.70. The summed E-state index contributed by atoms with van der Waals surface area (Å²) in [5.74, 6) is 0.435.